The van der Waals surface area contributed by atoms with Gasteiger partial charge in [0, 0.05) is 25.8 Å². The average molecular weight is 425 g/mol. The fraction of sp³-hybridized carbons (Fsp3) is 0.320. The normalized spacial score (nSPS) is 14.3. The smallest absolute Gasteiger partial charge is 0.366 e. The Balaban J connectivity index is 1.57. The summed E-state index contributed by atoms with van der Waals surface area (Å²) in [4.78, 5) is 2.27. The molecule has 0 amide bonds. The first-order chi connectivity index (χ1) is 14.7. The molecule has 6 heteroatoms. The SMILES string of the molecule is C=C(c1cc(C)n(C)n1)N1CCCc2ccc(-c3ccc(CC(F)(F)F)cc3)cc2C1. The zero-order valence-electron chi connectivity index (χ0n) is 17.8. The number of rotatable bonds is 4. The summed E-state index contributed by atoms with van der Waals surface area (Å²) in [6, 6.07) is 15.1. The van der Waals surface area contributed by atoms with Gasteiger partial charge in [-0.1, -0.05) is 43.0 Å². The highest BCUT2D eigenvalue weighted by molar-refractivity contribution is 5.66. The van der Waals surface area contributed by atoms with Gasteiger partial charge in [-0.05, 0) is 59.7 Å². The van der Waals surface area contributed by atoms with Gasteiger partial charge >= 0.3 is 6.18 Å². The lowest BCUT2D eigenvalue weighted by molar-refractivity contribution is -0.127. The van der Waals surface area contributed by atoms with Crippen LogP contribution in [0.3, 0.4) is 0 Å². The fourth-order valence-electron chi connectivity index (χ4n) is 4.08. The Morgan fingerprint density at radius 3 is 2.39 bits per heavy atom. The van der Waals surface area contributed by atoms with Crippen molar-refractivity contribution >= 4 is 5.70 Å². The van der Waals surface area contributed by atoms with Gasteiger partial charge in [-0.15, -0.1) is 0 Å². The summed E-state index contributed by atoms with van der Waals surface area (Å²) in [6.07, 6.45) is -3.07. The van der Waals surface area contributed by atoms with Crippen molar-refractivity contribution in [1.82, 2.24) is 14.7 Å². The van der Waals surface area contributed by atoms with Crippen molar-refractivity contribution in [1.29, 1.82) is 0 Å². The average Bonchev–Trinajstić information content (AvgIpc) is 2.93. The molecule has 0 radical (unpaired) electrons. The molecule has 0 atom stereocenters. The van der Waals surface area contributed by atoms with E-state index in [0.29, 0.717) is 0 Å². The van der Waals surface area contributed by atoms with E-state index in [9.17, 15) is 13.2 Å². The molecule has 3 nitrogen and oxygen atoms in total. The number of nitrogens with zero attached hydrogens (tertiary/aromatic N) is 3. The van der Waals surface area contributed by atoms with Gasteiger partial charge in [0.05, 0.1) is 12.1 Å². The largest absolute Gasteiger partial charge is 0.393 e. The molecule has 0 fully saturated rings. The summed E-state index contributed by atoms with van der Waals surface area (Å²) in [5.41, 5.74) is 7.63. The van der Waals surface area contributed by atoms with E-state index in [4.69, 9.17) is 0 Å². The topological polar surface area (TPSA) is 21.1 Å². The summed E-state index contributed by atoms with van der Waals surface area (Å²) in [5, 5.41) is 4.57. The molecule has 162 valence electrons. The van der Waals surface area contributed by atoms with E-state index in [-0.39, 0.29) is 5.56 Å². The van der Waals surface area contributed by atoms with Crippen molar-refractivity contribution in [2.24, 2.45) is 7.05 Å². The van der Waals surface area contributed by atoms with Crippen LogP contribution in [-0.2, 0) is 26.4 Å². The Morgan fingerprint density at radius 1 is 1.03 bits per heavy atom. The zero-order chi connectivity index (χ0) is 22.2. The highest BCUT2D eigenvalue weighted by Gasteiger charge is 2.27. The van der Waals surface area contributed by atoms with Crippen LogP contribution in [0.2, 0.25) is 0 Å². The molecule has 0 bridgehead atoms. The van der Waals surface area contributed by atoms with Crippen LogP contribution in [0.5, 0.6) is 0 Å². The molecule has 0 spiro atoms. The fourth-order valence-corrected chi connectivity index (χ4v) is 4.08. The summed E-state index contributed by atoms with van der Waals surface area (Å²) < 4.78 is 39.7. The maximum Gasteiger partial charge on any atom is 0.393 e. The number of benzene rings is 2. The number of halogens is 3. The van der Waals surface area contributed by atoms with E-state index in [2.05, 4.69) is 34.8 Å². The minimum atomic E-state index is -4.19. The molecule has 0 N–H and O–H groups in total. The lowest BCUT2D eigenvalue weighted by Crippen LogP contribution is -2.21. The quantitative estimate of drug-likeness (QED) is 0.517. The third kappa shape index (κ3) is 4.84. The number of aryl methyl sites for hydroxylation is 3. The van der Waals surface area contributed by atoms with Crippen LogP contribution in [0.25, 0.3) is 16.8 Å². The lowest BCUT2D eigenvalue weighted by atomic mass is 9.96. The van der Waals surface area contributed by atoms with Gasteiger partial charge in [-0.2, -0.15) is 18.3 Å². The van der Waals surface area contributed by atoms with Crippen LogP contribution >= 0.6 is 0 Å². The Hall–Kier alpha value is -3.02. The molecule has 3 aromatic rings. The minimum absolute atomic E-state index is 0.277. The van der Waals surface area contributed by atoms with Crippen molar-refractivity contribution in [3.8, 4) is 11.1 Å². The van der Waals surface area contributed by atoms with E-state index in [0.717, 1.165) is 54.1 Å². The van der Waals surface area contributed by atoms with E-state index in [1.807, 2.05) is 24.7 Å². The Morgan fingerprint density at radius 2 is 1.74 bits per heavy atom. The highest BCUT2D eigenvalue weighted by Crippen LogP contribution is 2.30. The molecule has 0 saturated heterocycles. The molecule has 0 unspecified atom stereocenters. The van der Waals surface area contributed by atoms with Crippen LogP contribution in [0.15, 0.2) is 55.1 Å². The molecule has 2 aromatic carbocycles. The molecular formula is C25H26F3N3. The third-order valence-electron chi connectivity index (χ3n) is 5.92. The number of alkyl halides is 3. The lowest BCUT2D eigenvalue weighted by Gasteiger charge is -2.24. The van der Waals surface area contributed by atoms with Gasteiger partial charge in [0.2, 0.25) is 0 Å². The Labute approximate surface area is 180 Å². The molecular weight excluding hydrogens is 399 g/mol. The van der Waals surface area contributed by atoms with E-state index >= 15 is 0 Å². The number of hydrogen-bond acceptors (Lipinski definition) is 2. The summed E-state index contributed by atoms with van der Waals surface area (Å²) in [7, 11) is 1.93. The van der Waals surface area contributed by atoms with E-state index in [1.54, 1.807) is 24.3 Å². The van der Waals surface area contributed by atoms with Crippen LogP contribution in [0, 0.1) is 6.92 Å². The number of hydrogen-bond donors (Lipinski definition) is 0. The predicted molar refractivity (Wildman–Crippen MR) is 117 cm³/mol. The van der Waals surface area contributed by atoms with Crippen molar-refractivity contribution in [2.75, 3.05) is 6.54 Å². The second kappa shape index (κ2) is 8.25. The standard InChI is InChI=1S/C25H26F3N3/c1-17-13-24(29-30(17)3)18(2)31-12-4-5-20-10-11-22(14-23(20)16-31)21-8-6-19(7-9-21)15-25(26,27)28/h6-11,13-14H,2,4-5,12,15-16H2,1,3H3. The number of aromatic nitrogens is 2. The minimum Gasteiger partial charge on any atom is -0.366 e. The Bertz CT molecular complexity index is 1070. The maximum absolute atomic E-state index is 12.6. The number of fused-ring (bicyclic) bond motifs is 1. The van der Waals surface area contributed by atoms with Crippen molar-refractivity contribution in [2.45, 2.75) is 38.9 Å². The van der Waals surface area contributed by atoms with Crippen molar-refractivity contribution in [3.05, 3.63) is 83.2 Å². The predicted octanol–water partition coefficient (Wildman–Crippen LogP) is 5.92. The zero-order valence-corrected chi connectivity index (χ0v) is 17.8. The molecule has 0 saturated carbocycles. The van der Waals surface area contributed by atoms with Gasteiger partial charge in [0.25, 0.3) is 0 Å². The molecule has 4 rings (SSSR count). The van der Waals surface area contributed by atoms with Crippen LogP contribution in [0.4, 0.5) is 13.2 Å². The molecule has 1 aromatic heterocycles. The van der Waals surface area contributed by atoms with Crippen LogP contribution < -0.4 is 0 Å². The summed E-state index contributed by atoms with van der Waals surface area (Å²) in [6.45, 7) is 7.96. The van der Waals surface area contributed by atoms with Gasteiger partial charge in [0.15, 0.2) is 0 Å². The first kappa shape index (κ1) is 21.2. The molecule has 0 aliphatic carbocycles. The van der Waals surface area contributed by atoms with Gasteiger partial charge in [0.1, 0.15) is 5.69 Å². The Kier molecular flexibility index (Phi) is 5.65. The van der Waals surface area contributed by atoms with Crippen LogP contribution in [0.1, 0.15) is 34.5 Å². The van der Waals surface area contributed by atoms with E-state index < -0.39 is 12.6 Å². The maximum atomic E-state index is 12.6. The monoisotopic (exact) mass is 425 g/mol. The molecule has 31 heavy (non-hydrogen) atoms. The first-order valence-electron chi connectivity index (χ1n) is 10.4. The first-order valence-corrected chi connectivity index (χ1v) is 10.4. The third-order valence-corrected chi connectivity index (χ3v) is 5.92. The molecule has 1 aliphatic heterocycles. The van der Waals surface area contributed by atoms with Crippen molar-refractivity contribution in [3.63, 3.8) is 0 Å². The highest BCUT2D eigenvalue weighted by atomic mass is 19.4. The van der Waals surface area contributed by atoms with Crippen LogP contribution in [-0.4, -0.2) is 27.4 Å². The van der Waals surface area contributed by atoms with Crippen molar-refractivity contribution < 1.29 is 13.2 Å². The van der Waals surface area contributed by atoms with Gasteiger partial charge in [-0.25, -0.2) is 0 Å². The van der Waals surface area contributed by atoms with Gasteiger partial charge < -0.3 is 4.90 Å². The summed E-state index contributed by atoms with van der Waals surface area (Å²) in [5.74, 6) is 0. The summed E-state index contributed by atoms with van der Waals surface area (Å²) >= 11 is 0. The van der Waals surface area contributed by atoms with E-state index in [1.165, 1.54) is 11.1 Å². The second-order valence-corrected chi connectivity index (χ2v) is 8.24. The molecule has 1 aliphatic rings. The second-order valence-electron chi connectivity index (χ2n) is 8.24. The molecule has 2 heterocycles. The van der Waals surface area contributed by atoms with Gasteiger partial charge in [-0.3, -0.25) is 4.68 Å².